The molecule has 8 nitrogen and oxygen atoms in total. The van der Waals surface area contributed by atoms with Crippen molar-refractivity contribution in [3.63, 3.8) is 0 Å². The van der Waals surface area contributed by atoms with Crippen LogP contribution in [0.15, 0.2) is 22.7 Å². The SMILES string of the molecule is CNCC(O)COc1ccc(Cl)c(-c2nc(CC3CC(O)(C(C)(F)F)C3)c(C)c(-c3c(C)noc3C)n2)c1. The van der Waals surface area contributed by atoms with E-state index >= 15 is 0 Å². The maximum atomic E-state index is 13.9. The molecule has 0 saturated heterocycles. The van der Waals surface area contributed by atoms with Crippen molar-refractivity contribution < 1.29 is 28.3 Å². The molecule has 0 bridgehead atoms. The van der Waals surface area contributed by atoms with Crippen LogP contribution in [0.3, 0.4) is 0 Å². The molecule has 1 atom stereocenters. The number of likely N-dealkylation sites (N-methyl/N-ethyl adjacent to an activating group) is 1. The van der Waals surface area contributed by atoms with Gasteiger partial charge in [-0.25, -0.2) is 18.7 Å². The van der Waals surface area contributed by atoms with Gasteiger partial charge in [-0.05, 0) is 76.8 Å². The van der Waals surface area contributed by atoms with Gasteiger partial charge in [0.2, 0.25) is 0 Å². The normalized spacial score (nSPS) is 20.3. The second-order valence-electron chi connectivity index (χ2n) is 10.2. The number of aromatic nitrogens is 3. The molecule has 4 rings (SSSR count). The third kappa shape index (κ3) is 5.68. The molecule has 1 saturated carbocycles. The molecule has 0 amide bonds. The van der Waals surface area contributed by atoms with Crippen LogP contribution in [-0.4, -0.2) is 63.2 Å². The van der Waals surface area contributed by atoms with Crippen molar-refractivity contribution in [3.05, 3.63) is 45.9 Å². The van der Waals surface area contributed by atoms with Crippen molar-refractivity contribution in [2.75, 3.05) is 20.2 Å². The number of hydrogen-bond donors (Lipinski definition) is 3. The lowest BCUT2D eigenvalue weighted by Gasteiger charge is -2.47. The third-order valence-electron chi connectivity index (χ3n) is 7.13. The van der Waals surface area contributed by atoms with E-state index in [9.17, 15) is 19.0 Å². The van der Waals surface area contributed by atoms with Gasteiger partial charge in [0.1, 0.15) is 29.8 Å². The molecule has 1 aliphatic carbocycles. The lowest BCUT2D eigenvalue weighted by molar-refractivity contribution is -0.225. The van der Waals surface area contributed by atoms with Crippen molar-refractivity contribution >= 4 is 11.6 Å². The summed E-state index contributed by atoms with van der Waals surface area (Å²) < 4.78 is 38.9. The number of nitrogens with zero attached hydrogens (tertiary/aromatic N) is 3. The summed E-state index contributed by atoms with van der Waals surface area (Å²) in [4.78, 5) is 9.63. The van der Waals surface area contributed by atoms with E-state index in [2.05, 4.69) is 10.5 Å². The van der Waals surface area contributed by atoms with Gasteiger partial charge in [0.25, 0.3) is 5.92 Å². The molecule has 0 aliphatic heterocycles. The minimum Gasteiger partial charge on any atom is -0.491 e. The third-order valence-corrected chi connectivity index (χ3v) is 7.46. The number of aliphatic hydroxyl groups excluding tert-OH is 1. The molecule has 11 heteroatoms. The summed E-state index contributed by atoms with van der Waals surface area (Å²) in [6, 6.07) is 5.08. The van der Waals surface area contributed by atoms with E-state index in [1.54, 1.807) is 32.2 Å². The number of alkyl halides is 2. The number of hydrogen-bond acceptors (Lipinski definition) is 8. The van der Waals surface area contributed by atoms with E-state index in [1.165, 1.54) is 0 Å². The predicted molar refractivity (Wildman–Crippen MR) is 140 cm³/mol. The zero-order valence-electron chi connectivity index (χ0n) is 22.1. The Balaban J connectivity index is 1.73. The fraction of sp³-hybridized carbons (Fsp3) is 0.519. The van der Waals surface area contributed by atoms with Gasteiger partial charge in [0, 0.05) is 24.7 Å². The number of rotatable bonds is 10. The molecule has 2 heterocycles. The Labute approximate surface area is 225 Å². The highest BCUT2D eigenvalue weighted by Crippen LogP contribution is 2.49. The lowest BCUT2D eigenvalue weighted by atomic mass is 9.66. The van der Waals surface area contributed by atoms with Gasteiger partial charge in [-0.2, -0.15) is 0 Å². The fourth-order valence-electron chi connectivity index (χ4n) is 4.87. The smallest absolute Gasteiger partial charge is 0.273 e. The summed E-state index contributed by atoms with van der Waals surface area (Å²) in [7, 11) is 1.74. The van der Waals surface area contributed by atoms with Crippen molar-refractivity contribution in [2.24, 2.45) is 5.92 Å². The first kappa shape index (κ1) is 28.4. The minimum atomic E-state index is -3.17. The van der Waals surface area contributed by atoms with Gasteiger partial charge in [0.05, 0.1) is 22.0 Å². The van der Waals surface area contributed by atoms with Crippen LogP contribution in [0.5, 0.6) is 5.75 Å². The zero-order valence-corrected chi connectivity index (χ0v) is 22.9. The quantitative estimate of drug-likeness (QED) is 0.333. The van der Waals surface area contributed by atoms with Crippen LogP contribution < -0.4 is 10.1 Å². The van der Waals surface area contributed by atoms with Crippen LogP contribution in [0.2, 0.25) is 5.02 Å². The van der Waals surface area contributed by atoms with E-state index in [0.717, 1.165) is 18.1 Å². The average Bonchev–Trinajstić information content (AvgIpc) is 3.16. The number of aliphatic hydroxyl groups is 2. The van der Waals surface area contributed by atoms with Crippen molar-refractivity contribution in [1.29, 1.82) is 0 Å². The molecule has 38 heavy (non-hydrogen) atoms. The van der Waals surface area contributed by atoms with Crippen LogP contribution in [0.4, 0.5) is 8.78 Å². The zero-order chi connectivity index (χ0) is 27.8. The average molecular weight is 551 g/mol. The molecule has 1 unspecified atom stereocenters. The Morgan fingerprint density at radius 1 is 1.26 bits per heavy atom. The Kier molecular flexibility index (Phi) is 8.09. The maximum Gasteiger partial charge on any atom is 0.273 e. The summed E-state index contributed by atoms with van der Waals surface area (Å²) in [6.07, 6.45) is -0.339. The highest BCUT2D eigenvalue weighted by Gasteiger charge is 2.57. The molecule has 1 fully saturated rings. The van der Waals surface area contributed by atoms with Gasteiger partial charge < -0.3 is 24.8 Å². The first-order valence-electron chi connectivity index (χ1n) is 12.5. The van der Waals surface area contributed by atoms with Gasteiger partial charge in [-0.15, -0.1) is 0 Å². The number of aryl methyl sites for hydroxylation is 2. The largest absolute Gasteiger partial charge is 0.491 e. The Morgan fingerprint density at radius 3 is 2.58 bits per heavy atom. The second kappa shape index (κ2) is 10.8. The molecule has 1 aliphatic rings. The molecule has 1 aromatic carbocycles. The molecule has 2 aromatic heterocycles. The fourth-order valence-corrected chi connectivity index (χ4v) is 5.07. The summed E-state index contributed by atoms with van der Waals surface area (Å²) in [5.74, 6) is -1.93. The number of ether oxygens (including phenoxy) is 1. The van der Waals surface area contributed by atoms with Crippen LogP contribution in [-0.2, 0) is 6.42 Å². The van der Waals surface area contributed by atoms with Crippen molar-refractivity contribution in [1.82, 2.24) is 20.4 Å². The molecule has 0 radical (unpaired) electrons. The minimum absolute atomic E-state index is 0.0189. The Morgan fingerprint density at radius 2 is 1.97 bits per heavy atom. The lowest BCUT2D eigenvalue weighted by Crippen LogP contribution is -2.56. The Hall–Kier alpha value is -2.66. The summed E-state index contributed by atoms with van der Waals surface area (Å²) in [6.45, 7) is 6.71. The van der Waals surface area contributed by atoms with Crippen LogP contribution in [0, 0.1) is 26.7 Å². The van der Waals surface area contributed by atoms with Crippen molar-refractivity contribution in [2.45, 2.75) is 64.6 Å². The number of benzene rings is 1. The number of halogens is 3. The van der Waals surface area contributed by atoms with E-state index in [4.69, 9.17) is 30.8 Å². The van der Waals surface area contributed by atoms with Crippen LogP contribution in [0.25, 0.3) is 22.6 Å². The summed E-state index contributed by atoms with van der Waals surface area (Å²) in [5, 5.41) is 27.7. The molecule has 3 N–H and O–H groups in total. The van der Waals surface area contributed by atoms with E-state index < -0.39 is 17.6 Å². The molecule has 0 spiro atoms. The molecule has 206 valence electrons. The standard InChI is InChI=1S/C27H33ClF2N4O4/c1-14-22(8-17-10-27(36,11-17)26(4,29)30)32-25(33-24(14)23-15(2)34-38-16(23)3)20-9-19(6-7-21(20)28)37-13-18(35)12-31-5/h6-7,9,17-18,31,35-36H,8,10-13H2,1-5H3. The summed E-state index contributed by atoms with van der Waals surface area (Å²) in [5.41, 5.74) is 1.97. The monoisotopic (exact) mass is 550 g/mol. The summed E-state index contributed by atoms with van der Waals surface area (Å²) >= 11 is 6.56. The Bertz CT molecular complexity index is 1290. The van der Waals surface area contributed by atoms with Gasteiger partial charge in [-0.3, -0.25) is 0 Å². The highest BCUT2D eigenvalue weighted by molar-refractivity contribution is 6.33. The number of nitrogens with one attached hydrogen (secondary N) is 1. The van der Waals surface area contributed by atoms with E-state index in [1.807, 2.05) is 13.8 Å². The molecular weight excluding hydrogens is 518 g/mol. The maximum absolute atomic E-state index is 13.9. The van der Waals surface area contributed by atoms with Gasteiger partial charge in [-0.1, -0.05) is 16.8 Å². The van der Waals surface area contributed by atoms with Gasteiger partial charge >= 0.3 is 0 Å². The van der Waals surface area contributed by atoms with Gasteiger partial charge in [0.15, 0.2) is 5.82 Å². The van der Waals surface area contributed by atoms with Crippen LogP contribution >= 0.6 is 11.6 Å². The highest BCUT2D eigenvalue weighted by atomic mass is 35.5. The topological polar surface area (TPSA) is 114 Å². The first-order valence-corrected chi connectivity index (χ1v) is 12.9. The van der Waals surface area contributed by atoms with E-state index in [0.29, 0.717) is 58.0 Å². The second-order valence-corrected chi connectivity index (χ2v) is 10.6. The van der Waals surface area contributed by atoms with E-state index in [-0.39, 0.29) is 25.4 Å². The van der Waals surface area contributed by atoms with Crippen molar-refractivity contribution in [3.8, 4) is 28.4 Å². The first-order chi connectivity index (χ1) is 17.8. The predicted octanol–water partition coefficient (Wildman–Crippen LogP) is 4.68. The molecule has 3 aromatic rings. The van der Waals surface area contributed by atoms with Crippen LogP contribution in [0.1, 0.15) is 42.5 Å². The molecular formula is C27H33ClF2N4O4.